The highest BCUT2D eigenvalue weighted by atomic mass is 15.3. The Bertz CT molecular complexity index is 1070. The zero-order valence-corrected chi connectivity index (χ0v) is 14.2. The summed E-state index contributed by atoms with van der Waals surface area (Å²) < 4.78 is 1.95. The molecular formula is C20H13N7. The maximum absolute atomic E-state index is 9.11. The summed E-state index contributed by atoms with van der Waals surface area (Å²) >= 11 is 0. The summed E-state index contributed by atoms with van der Waals surface area (Å²) in [4.78, 5) is 0. The van der Waals surface area contributed by atoms with Gasteiger partial charge in [0.15, 0.2) is 11.4 Å². The molecule has 1 N–H and O–H groups in total. The van der Waals surface area contributed by atoms with Crippen LogP contribution in [0.5, 0.6) is 0 Å². The van der Waals surface area contributed by atoms with Crippen LogP contribution in [0.2, 0.25) is 0 Å². The smallest absolute Gasteiger partial charge is 0.164 e. The van der Waals surface area contributed by atoms with Crippen LogP contribution in [-0.2, 0) is 6.54 Å². The first-order valence-electron chi connectivity index (χ1n) is 7.99. The van der Waals surface area contributed by atoms with E-state index in [-0.39, 0.29) is 11.3 Å². The maximum atomic E-state index is 9.11. The molecule has 0 radical (unpaired) electrons. The summed E-state index contributed by atoms with van der Waals surface area (Å²) in [6.45, 7) is 0.651. The van der Waals surface area contributed by atoms with E-state index < -0.39 is 0 Å². The Labute approximate surface area is 156 Å². The van der Waals surface area contributed by atoms with E-state index in [0.717, 1.165) is 17.0 Å². The second-order valence-corrected chi connectivity index (χ2v) is 5.56. The van der Waals surface area contributed by atoms with Crippen molar-refractivity contribution in [2.75, 3.05) is 5.32 Å². The Balaban J connectivity index is 1.83. The molecule has 0 atom stereocenters. The lowest BCUT2D eigenvalue weighted by atomic mass is 10.1. The fourth-order valence-electron chi connectivity index (χ4n) is 2.50. The van der Waals surface area contributed by atoms with Crippen molar-refractivity contribution in [2.24, 2.45) is 0 Å². The molecule has 0 bridgehead atoms. The number of allylic oxidation sites excluding steroid dienone is 2. The van der Waals surface area contributed by atoms with E-state index in [9.17, 15) is 0 Å². The van der Waals surface area contributed by atoms with Crippen LogP contribution in [0.4, 0.5) is 5.69 Å². The van der Waals surface area contributed by atoms with Crippen LogP contribution in [0.1, 0.15) is 5.56 Å². The molecule has 1 heterocycles. The van der Waals surface area contributed by atoms with Gasteiger partial charge in [-0.15, -0.1) is 10.2 Å². The zero-order chi connectivity index (χ0) is 19.1. The molecule has 2 aromatic carbocycles. The molecule has 3 rings (SSSR count). The molecule has 0 spiro atoms. The van der Waals surface area contributed by atoms with Gasteiger partial charge >= 0.3 is 0 Å². The molecule has 0 amide bonds. The molecule has 0 saturated heterocycles. The van der Waals surface area contributed by atoms with Crippen LogP contribution in [-0.4, -0.2) is 14.8 Å². The molecule has 0 saturated carbocycles. The van der Waals surface area contributed by atoms with Crippen LogP contribution in [0.15, 0.2) is 72.2 Å². The summed E-state index contributed by atoms with van der Waals surface area (Å²) in [6.07, 6.45) is 1.68. The lowest BCUT2D eigenvalue weighted by Gasteiger charge is -2.08. The fourth-order valence-corrected chi connectivity index (χ4v) is 2.50. The Morgan fingerprint density at radius 3 is 2.26 bits per heavy atom. The first-order chi connectivity index (χ1) is 13.2. The SMILES string of the molecule is N#CC(C#N)=C(C#N)Nc1ccc(-c2nncn2Cc2ccccc2)cc1. The van der Waals surface area contributed by atoms with E-state index in [0.29, 0.717) is 12.2 Å². The summed E-state index contributed by atoms with van der Waals surface area (Å²) in [5.41, 5.74) is 2.25. The lowest BCUT2D eigenvalue weighted by molar-refractivity contribution is 0.803. The van der Waals surface area contributed by atoms with Crippen LogP contribution in [0.25, 0.3) is 11.4 Å². The van der Waals surface area contributed by atoms with Crippen molar-refractivity contribution in [2.45, 2.75) is 6.54 Å². The predicted molar refractivity (Wildman–Crippen MR) is 98.5 cm³/mol. The van der Waals surface area contributed by atoms with Gasteiger partial charge in [0, 0.05) is 11.3 Å². The van der Waals surface area contributed by atoms with Gasteiger partial charge in [-0.2, -0.15) is 15.8 Å². The lowest BCUT2D eigenvalue weighted by Crippen LogP contribution is -2.02. The number of hydrogen-bond donors (Lipinski definition) is 1. The number of rotatable bonds is 5. The van der Waals surface area contributed by atoms with Crippen LogP contribution in [0.3, 0.4) is 0 Å². The minimum atomic E-state index is -0.260. The summed E-state index contributed by atoms with van der Waals surface area (Å²) in [5.74, 6) is 0.719. The third-order valence-electron chi connectivity index (χ3n) is 3.81. The highest BCUT2D eigenvalue weighted by Gasteiger charge is 2.09. The minimum absolute atomic E-state index is 0.0833. The van der Waals surface area contributed by atoms with Crippen molar-refractivity contribution in [3.63, 3.8) is 0 Å². The molecule has 7 nitrogen and oxygen atoms in total. The average molecular weight is 351 g/mol. The van der Waals surface area contributed by atoms with Gasteiger partial charge in [0.2, 0.25) is 0 Å². The van der Waals surface area contributed by atoms with Gasteiger partial charge in [0.25, 0.3) is 0 Å². The molecule has 27 heavy (non-hydrogen) atoms. The Kier molecular flexibility index (Phi) is 5.23. The highest BCUT2D eigenvalue weighted by Crippen LogP contribution is 2.21. The zero-order valence-electron chi connectivity index (χ0n) is 14.2. The fraction of sp³-hybridized carbons (Fsp3) is 0.0500. The summed E-state index contributed by atoms with van der Waals surface area (Å²) in [5, 5.41) is 37.9. The molecule has 0 aliphatic carbocycles. The van der Waals surface area contributed by atoms with E-state index >= 15 is 0 Å². The highest BCUT2D eigenvalue weighted by molar-refractivity contribution is 5.63. The van der Waals surface area contributed by atoms with Crippen molar-refractivity contribution in [3.8, 4) is 29.6 Å². The van der Waals surface area contributed by atoms with E-state index in [1.165, 1.54) is 0 Å². The average Bonchev–Trinajstić information content (AvgIpc) is 3.17. The quantitative estimate of drug-likeness (QED) is 0.706. The number of hydrogen-bond acceptors (Lipinski definition) is 6. The summed E-state index contributed by atoms with van der Waals surface area (Å²) in [6, 6.07) is 22.4. The first-order valence-corrected chi connectivity index (χ1v) is 7.99. The Morgan fingerprint density at radius 1 is 0.926 bits per heavy atom. The largest absolute Gasteiger partial charge is 0.345 e. The molecule has 0 fully saturated rings. The molecular weight excluding hydrogens is 338 g/mol. The van der Waals surface area contributed by atoms with Gasteiger partial charge in [0.1, 0.15) is 30.2 Å². The van der Waals surface area contributed by atoms with Gasteiger partial charge in [-0.05, 0) is 29.8 Å². The van der Waals surface area contributed by atoms with E-state index in [1.807, 2.05) is 53.1 Å². The van der Waals surface area contributed by atoms with Crippen molar-refractivity contribution in [1.29, 1.82) is 15.8 Å². The van der Waals surface area contributed by atoms with E-state index in [1.54, 1.807) is 30.6 Å². The third-order valence-corrected chi connectivity index (χ3v) is 3.81. The molecule has 0 aliphatic rings. The van der Waals surface area contributed by atoms with Gasteiger partial charge in [0.05, 0.1) is 6.54 Å². The number of nitriles is 3. The van der Waals surface area contributed by atoms with Crippen molar-refractivity contribution in [3.05, 3.63) is 77.8 Å². The maximum Gasteiger partial charge on any atom is 0.164 e. The number of aromatic nitrogens is 3. The van der Waals surface area contributed by atoms with Gasteiger partial charge in [-0.25, -0.2) is 0 Å². The second kappa shape index (κ2) is 8.11. The number of anilines is 1. The van der Waals surface area contributed by atoms with E-state index in [4.69, 9.17) is 15.8 Å². The summed E-state index contributed by atoms with van der Waals surface area (Å²) in [7, 11) is 0. The third kappa shape index (κ3) is 3.99. The molecule has 128 valence electrons. The monoisotopic (exact) mass is 351 g/mol. The first kappa shape index (κ1) is 17.4. The van der Waals surface area contributed by atoms with E-state index in [2.05, 4.69) is 15.5 Å². The molecule has 7 heteroatoms. The van der Waals surface area contributed by atoms with Crippen molar-refractivity contribution < 1.29 is 0 Å². The van der Waals surface area contributed by atoms with Gasteiger partial charge in [-0.3, -0.25) is 0 Å². The predicted octanol–water partition coefficient (Wildman–Crippen LogP) is 3.23. The number of benzene rings is 2. The van der Waals surface area contributed by atoms with Crippen molar-refractivity contribution in [1.82, 2.24) is 14.8 Å². The number of nitrogens with zero attached hydrogens (tertiary/aromatic N) is 6. The molecule has 3 aromatic rings. The topological polar surface area (TPSA) is 114 Å². The molecule has 0 unspecified atom stereocenters. The van der Waals surface area contributed by atoms with Crippen LogP contribution in [0, 0.1) is 34.0 Å². The molecule has 0 aliphatic heterocycles. The Hall–Kier alpha value is -4.41. The van der Waals surface area contributed by atoms with Gasteiger partial charge < -0.3 is 9.88 Å². The standard InChI is InChI=1S/C20H13N7/c21-10-17(11-22)19(12-23)25-18-8-6-16(7-9-18)20-26-24-14-27(20)13-15-4-2-1-3-5-15/h1-9,14,25H,13H2. The Morgan fingerprint density at radius 2 is 1.63 bits per heavy atom. The normalized spacial score (nSPS) is 9.52. The van der Waals surface area contributed by atoms with Crippen molar-refractivity contribution >= 4 is 5.69 Å². The minimum Gasteiger partial charge on any atom is -0.345 e. The van der Waals surface area contributed by atoms with Crippen LogP contribution < -0.4 is 5.32 Å². The molecule has 1 aromatic heterocycles. The van der Waals surface area contributed by atoms with Crippen LogP contribution >= 0.6 is 0 Å². The second-order valence-electron chi connectivity index (χ2n) is 5.56. The number of nitrogens with one attached hydrogen (secondary N) is 1. The van der Waals surface area contributed by atoms with Gasteiger partial charge in [-0.1, -0.05) is 30.3 Å².